The molecule has 0 aliphatic heterocycles. The van der Waals surface area contributed by atoms with E-state index in [0.29, 0.717) is 11.8 Å². The molecule has 2 aliphatic rings. The summed E-state index contributed by atoms with van der Waals surface area (Å²) >= 11 is 0. The lowest BCUT2D eigenvalue weighted by Gasteiger charge is -2.43. The molecule has 0 heterocycles. The summed E-state index contributed by atoms with van der Waals surface area (Å²) < 4.78 is 4.87. The first-order valence-electron chi connectivity index (χ1n) is 9.58. The Balaban J connectivity index is 0.00000261. The molecule has 2 unspecified atom stereocenters. The van der Waals surface area contributed by atoms with E-state index < -0.39 is 5.41 Å². The molecule has 1 amide bonds. The lowest BCUT2D eigenvalue weighted by Crippen LogP contribution is -2.48. The number of esters is 1. The first-order valence-corrected chi connectivity index (χ1v) is 9.58. The highest BCUT2D eigenvalue weighted by atomic mass is 35.5. The number of rotatable bonds is 4. The van der Waals surface area contributed by atoms with Crippen molar-refractivity contribution in [2.45, 2.75) is 57.4 Å². The van der Waals surface area contributed by atoms with Crippen molar-refractivity contribution in [1.82, 2.24) is 0 Å². The van der Waals surface area contributed by atoms with Gasteiger partial charge in [0.2, 0.25) is 5.91 Å². The second kappa shape index (κ2) is 8.61. The van der Waals surface area contributed by atoms with Crippen LogP contribution in [0.3, 0.4) is 0 Å². The third kappa shape index (κ3) is 4.46. The lowest BCUT2D eigenvalue weighted by molar-refractivity contribution is -0.146. The van der Waals surface area contributed by atoms with Gasteiger partial charge in [0.25, 0.3) is 0 Å². The number of carbonyl (C=O) groups excluding carboxylic acids is 2. The molecule has 0 radical (unpaired) electrons. The SMILES string of the molecule is COC(=O)C(C)(C)c1ccc(NC(=O)C2CC3CCCC(C2)C3N)cc1.Cl. The summed E-state index contributed by atoms with van der Waals surface area (Å²) in [6, 6.07) is 7.73. The van der Waals surface area contributed by atoms with Crippen molar-refractivity contribution in [3.05, 3.63) is 29.8 Å². The zero-order chi connectivity index (χ0) is 18.9. The van der Waals surface area contributed by atoms with Crippen molar-refractivity contribution in [3.8, 4) is 0 Å². The van der Waals surface area contributed by atoms with Gasteiger partial charge in [0, 0.05) is 17.6 Å². The largest absolute Gasteiger partial charge is 0.468 e. The Morgan fingerprint density at radius 3 is 2.19 bits per heavy atom. The third-order valence-corrected chi connectivity index (χ3v) is 6.35. The normalized spacial score (nSPS) is 27.3. The van der Waals surface area contributed by atoms with Crippen molar-refractivity contribution in [1.29, 1.82) is 0 Å². The van der Waals surface area contributed by atoms with Gasteiger partial charge in [-0.25, -0.2) is 0 Å². The first kappa shape index (κ1) is 21.7. The number of anilines is 1. The van der Waals surface area contributed by atoms with E-state index in [2.05, 4.69) is 5.32 Å². The summed E-state index contributed by atoms with van der Waals surface area (Å²) in [7, 11) is 1.39. The monoisotopic (exact) mass is 394 g/mol. The van der Waals surface area contributed by atoms with Crippen LogP contribution in [0, 0.1) is 17.8 Å². The van der Waals surface area contributed by atoms with Gasteiger partial charge in [-0.3, -0.25) is 9.59 Å². The number of hydrogen-bond donors (Lipinski definition) is 2. The predicted octanol–water partition coefficient (Wildman–Crippen LogP) is 3.65. The summed E-state index contributed by atoms with van der Waals surface area (Å²) in [4.78, 5) is 24.6. The van der Waals surface area contributed by atoms with E-state index in [0.717, 1.165) is 36.9 Å². The van der Waals surface area contributed by atoms with E-state index in [4.69, 9.17) is 10.5 Å². The average Bonchev–Trinajstić information content (AvgIpc) is 2.61. The van der Waals surface area contributed by atoms with Gasteiger partial charge in [-0.15, -0.1) is 12.4 Å². The van der Waals surface area contributed by atoms with Crippen LogP contribution in [0.4, 0.5) is 5.69 Å². The number of halogens is 1. The topological polar surface area (TPSA) is 81.4 Å². The van der Waals surface area contributed by atoms with Crippen LogP contribution in [0.1, 0.15) is 51.5 Å². The number of ether oxygens (including phenoxy) is 1. The highest BCUT2D eigenvalue weighted by Crippen LogP contribution is 2.42. The van der Waals surface area contributed by atoms with Gasteiger partial charge in [-0.2, -0.15) is 0 Å². The Morgan fingerprint density at radius 1 is 1.11 bits per heavy atom. The van der Waals surface area contributed by atoms with Crippen molar-refractivity contribution < 1.29 is 14.3 Å². The molecular formula is C21H31ClN2O3. The number of benzene rings is 1. The molecule has 27 heavy (non-hydrogen) atoms. The van der Waals surface area contributed by atoms with Gasteiger partial charge >= 0.3 is 5.97 Å². The fraction of sp³-hybridized carbons (Fsp3) is 0.619. The molecule has 1 aromatic rings. The van der Waals surface area contributed by atoms with Gasteiger partial charge in [0.05, 0.1) is 12.5 Å². The standard InChI is InChI=1S/C21H30N2O3.ClH/c1-21(2,20(25)26-3)16-7-9-17(10-8-16)23-19(24)15-11-13-5-4-6-14(12-15)18(13)22;/h7-10,13-15,18H,4-6,11-12,22H2,1-3H3,(H,23,24);1H. The predicted molar refractivity (Wildman–Crippen MR) is 109 cm³/mol. The molecule has 0 spiro atoms. The molecule has 150 valence electrons. The summed E-state index contributed by atoms with van der Waals surface area (Å²) in [5, 5.41) is 3.04. The number of fused-ring (bicyclic) bond motifs is 2. The molecule has 2 atom stereocenters. The van der Waals surface area contributed by atoms with Crippen LogP contribution in [0.5, 0.6) is 0 Å². The lowest BCUT2D eigenvalue weighted by atomic mass is 9.65. The maximum Gasteiger partial charge on any atom is 0.315 e. The molecule has 3 N–H and O–H groups in total. The molecule has 6 heteroatoms. The minimum Gasteiger partial charge on any atom is -0.468 e. The summed E-state index contributed by atoms with van der Waals surface area (Å²) in [6.07, 6.45) is 5.35. The Morgan fingerprint density at radius 2 is 1.67 bits per heavy atom. The van der Waals surface area contributed by atoms with Crippen LogP contribution < -0.4 is 11.1 Å². The van der Waals surface area contributed by atoms with Crippen LogP contribution in [-0.2, 0) is 19.7 Å². The van der Waals surface area contributed by atoms with Crippen LogP contribution >= 0.6 is 12.4 Å². The average molecular weight is 395 g/mol. The molecule has 3 rings (SSSR count). The Kier molecular flexibility index (Phi) is 6.92. The van der Waals surface area contributed by atoms with Crippen LogP contribution in [0.25, 0.3) is 0 Å². The van der Waals surface area contributed by atoms with Crippen LogP contribution in [0.15, 0.2) is 24.3 Å². The molecule has 2 bridgehead atoms. The van der Waals surface area contributed by atoms with Crippen molar-refractivity contribution in [2.75, 3.05) is 12.4 Å². The molecule has 2 saturated carbocycles. The van der Waals surface area contributed by atoms with E-state index in [1.54, 1.807) is 0 Å². The van der Waals surface area contributed by atoms with Gasteiger partial charge in [0.15, 0.2) is 0 Å². The molecule has 2 fully saturated rings. The maximum absolute atomic E-state index is 12.7. The molecule has 5 nitrogen and oxygen atoms in total. The minimum atomic E-state index is -0.714. The van der Waals surface area contributed by atoms with Crippen molar-refractivity contribution >= 4 is 30.0 Å². The maximum atomic E-state index is 12.7. The van der Waals surface area contributed by atoms with Gasteiger partial charge in [-0.1, -0.05) is 18.6 Å². The summed E-state index contributed by atoms with van der Waals surface area (Å²) in [5.74, 6) is 0.840. The number of nitrogens with two attached hydrogens (primary N) is 1. The number of amides is 1. The number of nitrogens with one attached hydrogen (secondary N) is 1. The van der Waals surface area contributed by atoms with E-state index >= 15 is 0 Å². The highest BCUT2D eigenvalue weighted by Gasteiger charge is 2.40. The third-order valence-electron chi connectivity index (χ3n) is 6.35. The van der Waals surface area contributed by atoms with Gasteiger partial charge in [0.1, 0.15) is 0 Å². The second-order valence-corrected chi connectivity index (χ2v) is 8.38. The Hall–Kier alpha value is -1.59. The minimum absolute atomic E-state index is 0. The Labute approximate surface area is 167 Å². The Bertz CT molecular complexity index is 661. The van der Waals surface area contributed by atoms with E-state index in [1.807, 2.05) is 38.1 Å². The fourth-order valence-electron chi connectivity index (χ4n) is 4.59. The van der Waals surface area contributed by atoms with Crippen LogP contribution in [-0.4, -0.2) is 25.0 Å². The number of methoxy groups -OCH3 is 1. The number of carbonyl (C=O) groups is 2. The van der Waals surface area contributed by atoms with Crippen molar-refractivity contribution in [3.63, 3.8) is 0 Å². The smallest absolute Gasteiger partial charge is 0.315 e. The zero-order valence-corrected chi connectivity index (χ0v) is 17.2. The summed E-state index contributed by atoms with van der Waals surface area (Å²) in [5.41, 5.74) is 7.23. The fourth-order valence-corrected chi connectivity index (χ4v) is 4.59. The molecule has 0 aromatic heterocycles. The van der Waals surface area contributed by atoms with Gasteiger partial charge in [-0.05, 0) is 69.1 Å². The second-order valence-electron chi connectivity index (χ2n) is 8.38. The van der Waals surface area contributed by atoms with Gasteiger partial charge < -0.3 is 15.8 Å². The van der Waals surface area contributed by atoms with Crippen molar-refractivity contribution in [2.24, 2.45) is 23.5 Å². The molecule has 2 aliphatic carbocycles. The van der Waals surface area contributed by atoms with E-state index in [1.165, 1.54) is 13.5 Å². The summed E-state index contributed by atoms with van der Waals surface area (Å²) in [6.45, 7) is 3.66. The van der Waals surface area contributed by atoms with E-state index in [-0.39, 0.29) is 36.2 Å². The van der Waals surface area contributed by atoms with Crippen LogP contribution in [0.2, 0.25) is 0 Å². The highest BCUT2D eigenvalue weighted by molar-refractivity contribution is 5.92. The van der Waals surface area contributed by atoms with E-state index in [9.17, 15) is 9.59 Å². The first-order chi connectivity index (χ1) is 12.3. The molecular weight excluding hydrogens is 364 g/mol. The molecule has 1 aromatic carbocycles. The zero-order valence-electron chi connectivity index (χ0n) is 16.4. The number of hydrogen-bond acceptors (Lipinski definition) is 4. The molecule has 0 saturated heterocycles. The quantitative estimate of drug-likeness (QED) is 0.763.